The van der Waals surface area contributed by atoms with Crippen LogP contribution in [0.2, 0.25) is 0 Å². The monoisotopic (exact) mass is 334 g/mol. The second-order valence-electron chi connectivity index (χ2n) is 4.20. The van der Waals surface area contributed by atoms with E-state index in [0.717, 1.165) is 0 Å². The van der Waals surface area contributed by atoms with Crippen molar-refractivity contribution in [3.63, 3.8) is 0 Å². The van der Waals surface area contributed by atoms with Crippen molar-refractivity contribution in [1.82, 2.24) is 10.5 Å². The van der Waals surface area contributed by atoms with Crippen molar-refractivity contribution in [2.75, 3.05) is 6.54 Å². The van der Waals surface area contributed by atoms with Crippen molar-refractivity contribution in [1.29, 1.82) is 0 Å². The number of hydrogen-bond acceptors (Lipinski definition) is 4. The van der Waals surface area contributed by atoms with Gasteiger partial charge in [0.25, 0.3) is 0 Å². The second kappa shape index (κ2) is 7.50. The van der Waals surface area contributed by atoms with E-state index in [9.17, 15) is 5.11 Å². The number of aliphatic hydroxyl groups is 1. The van der Waals surface area contributed by atoms with Crippen LogP contribution in [-0.4, -0.2) is 22.3 Å². The molecule has 0 aliphatic heterocycles. The van der Waals surface area contributed by atoms with E-state index >= 15 is 0 Å². The Bertz CT molecular complexity index is 302. The third-order valence-corrected chi connectivity index (χ3v) is 2.03. The second-order valence-corrected chi connectivity index (χ2v) is 5.01. The fourth-order valence-electron chi connectivity index (χ4n) is 0.927. The lowest BCUT2D eigenvalue weighted by Gasteiger charge is -2.21. The van der Waals surface area contributed by atoms with Crippen molar-refractivity contribution in [2.24, 2.45) is 0 Å². The molecule has 0 saturated carbocycles. The summed E-state index contributed by atoms with van der Waals surface area (Å²) in [6.45, 7) is 6.56. The Labute approximate surface area is 116 Å². The standard InChI is InChI=1S/C9H15BrN2O2.2ClH/c1-9(2,3)11-5-6(13)7-4-8(10)12-14-7;;/h4,6,11,13H,5H2,1-3H3;2*1H. The Morgan fingerprint density at radius 3 is 2.44 bits per heavy atom. The van der Waals surface area contributed by atoms with E-state index in [1.807, 2.05) is 20.8 Å². The van der Waals surface area contributed by atoms with Crippen LogP contribution < -0.4 is 5.32 Å². The van der Waals surface area contributed by atoms with Gasteiger partial charge in [-0.05, 0) is 36.7 Å². The zero-order valence-electron chi connectivity index (χ0n) is 9.36. The molecule has 1 aromatic rings. The molecule has 96 valence electrons. The molecule has 0 bridgehead atoms. The van der Waals surface area contributed by atoms with Crippen molar-refractivity contribution in [2.45, 2.75) is 32.4 Å². The Hall–Kier alpha value is 0.190. The molecule has 1 aromatic heterocycles. The summed E-state index contributed by atoms with van der Waals surface area (Å²) in [5, 5.41) is 16.5. The van der Waals surface area contributed by atoms with Crippen LogP contribution in [0.15, 0.2) is 15.2 Å². The summed E-state index contributed by atoms with van der Waals surface area (Å²) in [5.74, 6) is 0.466. The van der Waals surface area contributed by atoms with E-state index in [2.05, 4.69) is 26.4 Å². The Morgan fingerprint density at radius 1 is 1.50 bits per heavy atom. The van der Waals surface area contributed by atoms with Gasteiger partial charge in [-0.25, -0.2) is 0 Å². The molecule has 1 atom stereocenters. The summed E-state index contributed by atoms with van der Waals surface area (Å²) in [7, 11) is 0. The van der Waals surface area contributed by atoms with Gasteiger partial charge in [0, 0.05) is 18.2 Å². The highest BCUT2D eigenvalue weighted by Gasteiger charge is 2.16. The molecule has 0 aliphatic carbocycles. The van der Waals surface area contributed by atoms with Gasteiger partial charge in [-0.1, -0.05) is 5.16 Å². The first kappa shape index (κ1) is 18.6. The van der Waals surface area contributed by atoms with E-state index < -0.39 is 6.10 Å². The van der Waals surface area contributed by atoms with Gasteiger partial charge in [0.1, 0.15) is 10.7 Å². The van der Waals surface area contributed by atoms with Gasteiger partial charge >= 0.3 is 0 Å². The first-order valence-electron chi connectivity index (χ1n) is 4.44. The molecule has 4 nitrogen and oxygen atoms in total. The van der Waals surface area contributed by atoms with Gasteiger partial charge in [0.15, 0.2) is 5.76 Å². The van der Waals surface area contributed by atoms with Gasteiger partial charge in [-0.15, -0.1) is 24.8 Å². The molecule has 0 saturated heterocycles. The van der Waals surface area contributed by atoms with Crippen LogP contribution in [0.25, 0.3) is 0 Å². The molecule has 2 N–H and O–H groups in total. The van der Waals surface area contributed by atoms with Crippen molar-refractivity contribution < 1.29 is 9.63 Å². The van der Waals surface area contributed by atoms with Gasteiger partial charge in [-0.2, -0.15) is 0 Å². The average molecular weight is 336 g/mol. The number of nitrogens with zero attached hydrogens (tertiary/aromatic N) is 1. The Balaban J connectivity index is 0. The predicted molar refractivity (Wildman–Crippen MR) is 71.4 cm³/mol. The number of β-amino-alcohol motifs (C(OH)–C–C–N with tert-alkyl or cyclic N) is 1. The molecule has 1 rings (SSSR count). The predicted octanol–water partition coefficient (Wildman–Crippen LogP) is 2.70. The van der Waals surface area contributed by atoms with E-state index in [-0.39, 0.29) is 30.4 Å². The summed E-state index contributed by atoms with van der Waals surface area (Å²) in [6.07, 6.45) is -0.659. The molecule has 0 amide bonds. The van der Waals surface area contributed by atoms with Crippen LogP contribution in [0, 0.1) is 0 Å². The minimum absolute atomic E-state index is 0. The summed E-state index contributed by atoms with van der Waals surface area (Å²) in [4.78, 5) is 0. The SMILES string of the molecule is CC(C)(C)NCC(O)c1cc(Br)no1.Cl.Cl. The van der Waals surface area contributed by atoms with Crippen LogP contribution in [0.3, 0.4) is 0 Å². The van der Waals surface area contributed by atoms with Gasteiger partial charge in [0.05, 0.1) is 0 Å². The fourth-order valence-corrected chi connectivity index (χ4v) is 1.22. The summed E-state index contributed by atoms with van der Waals surface area (Å²) < 4.78 is 5.50. The van der Waals surface area contributed by atoms with Gasteiger partial charge in [0.2, 0.25) is 0 Å². The smallest absolute Gasteiger partial charge is 0.167 e. The quantitative estimate of drug-likeness (QED) is 0.891. The third kappa shape index (κ3) is 6.70. The number of nitrogens with one attached hydrogen (secondary N) is 1. The minimum atomic E-state index is -0.659. The van der Waals surface area contributed by atoms with Crippen molar-refractivity contribution >= 4 is 40.7 Å². The largest absolute Gasteiger partial charge is 0.384 e. The number of aromatic nitrogens is 1. The number of halogens is 3. The normalized spacial score (nSPS) is 12.6. The fraction of sp³-hybridized carbons (Fsp3) is 0.667. The molecule has 0 radical (unpaired) electrons. The number of aliphatic hydroxyl groups excluding tert-OH is 1. The highest BCUT2D eigenvalue weighted by Crippen LogP contribution is 2.17. The first-order chi connectivity index (χ1) is 6.38. The van der Waals surface area contributed by atoms with Crippen molar-refractivity contribution in [3.8, 4) is 0 Å². The Kier molecular flexibility index (Phi) is 8.70. The lowest BCUT2D eigenvalue weighted by Crippen LogP contribution is -2.38. The molecular formula is C9H17BrCl2N2O2. The van der Waals surface area contributed by atoms with Crippen LogP contribution in [0.5, 0.6) is 0 Å². The zero-order chi connectivity index (χ0) is 10.8. The van der Waals surface area contributed by atoms with E-state index in [4.69, 9.17) is 4.52 Å². The molecule has 1 heterocycles. The van der Waals surface area contributed by atoms with Crippen LogP contribution >= 0.6 is 40.7 Å². The summed E-state index contributed by atoms with van der Waals surface area (Å²) in [6, 6.07) is 1.66. The topological polar surface area (TPSA) is 58.3 Å². The molecule has 0 spiro atoms. The van der Waals surface area contributed by atoms with E-state index in [0.29, 0.717) is 16.9 Å². The minimum Gasteiger partial charge on any atom is -0.384 e. The van der Waals surface area contributed by atoms with Crippen molar-refractivity contribution in [3.05, 3.63) is 16.4 Å². The third-order valence-electron chi connectivity index (χ3n) is 1.65. The molecule has 0 aromatic carbocycles. The maximum atomic E-state index is 9.68. The molecule has 7 heteroatoms. The summed E-state index contributed by atoms with van der Waals surface area (Å²) in [5.41, 5.74) is -0.0156. The molecule has 0 fully saturated rings. The lowest BCUT2D eigenvalue weighted by atomic mass is 10.1. The molecule has 0 aliphatic rings. The van der Waals surface area contributed by atoms with E-state index in [1.54, 1.807) is 6.07 Å². The highest BCUT2D eigenvalue weighted by atomic mass is 79.9. The highest BCUT2D eigenvalue weighted by molar-refractivity contribution is 9.10. The van der Waals surface area contributed by atoms with Crippen LogP contribution in [0.4, 0.5) is 0 Å². The average Bonchev–Trinajstić information content (AvgIpc) is 2.46. The first-order valence-corrected chi connectivity index (χ1v) is 5.23. The van der Waals surface area contributed by atoms with E-state index in [1.165, 1.54) is 0 Å². The zero-order valence-corrected chi connectivity index (χ0v) is 12.6. The van der Waals surface area contributed by atoms with Gasteiger partial charge in [-0.3, -0.25) is 0 Å². The number of rotatable bonds is 3. The molecule has 1 unspecified atom stereocenters. The molecular weight excluding hydrogens is 319 g/mol. The lowest BCUT2D eigenvalue weighted by molar-refractivity contribution is 0.129. The van der Waals surface area contributed by atoms with Crippen LogP contribution in [0.1, 0.15) is 32.6 Å². The maximum absolute atomic E-state index is 9.68. The Morgan fingerprint density at radius 2 is 2.06 bits per heavy atom. The van der Waals surface area contributed by atoms with Gasteiger partial charge < -0.3 is 14.9 Å². The summed E-state index contributed by atoms with van der Waals surface area (Å²) >= 11 is 3.15. The molecule has 16 heavy (non-hydrogen) atoms. The maximum Gasteiger partial charge on any atom is 0.167 e. The van der Waals surface area contributed by atoms with Crippen LogP contribution in [-0.2, 0) is 0 Å². The number of hydrogen-bond donors (Lipinski definition) is 2.